The third-order valence-corrected chi connectivity index (χ3v) is 4.27. The van der Waals surface area contributed by atoms with Crippen LogP contribution in [0, 0.1) is 0 Å². The van der Waals surface area contributed by atoms with Crippen molar-refractivity contribution < 1.29 is 0 Å². The van der Waals surface area contributed by atoms with E-state index >= 15 is 0 Å². The first-order valence-corrected chi connectivity index (χ1v) is 6.97. The third-order valence-electron chi connectivity index (χ3n) is 4.27. The molecule has 2 aliphatic heterocycles. The molecule has 16 heavy (non-hydrogen) atoms. The van der Waals surface area contributed by atoms with Crippen LogP contribution in [-0.2, 0) is 0 Å². The molecule has 0 aromatic rings. The molecule has 0 aromatic heterocycles. The van der Waals surface area contributed by atoms with Crippen molar-refractivity contribution in [1.82, 2.24) is 15.1 Å². The van der Waals surface area contributed by atoms with Gasteiger partial charge in [0.1, 0.15) is 0 Å². The number of rotatable bonds is 4. The lowest BCUT2D eigenvalue weighted by molar-refractivity contribution is 0.206. The molecule has 0 spiro atoms. The fourth-order valence-electron chi connectivity index (χ4n) is 3.19. The Morgan fingerprint density at radius 3 is 2.81 bits per heavy atom. The van der Waals surface area contributed by atoms with Gasteiger partial charge in [-0.1, -0.05) is 6.92 Å². The van der Waals surface area contributed by atoms with E-state index in [9.17, 15) is 0 Å². The molecule has 94 valence electrons. The molecular weight excluding hydrogens is 198 g/mol. The molecule has 0 amide bonds. The van der Waals surface area contributed by atoms with E-state index in [1.807, 2.05) is 0 Å². The van der Waals surface area contributed by atoms with Crippen LogP contribution in [0.4, 0.5) is 0 Å². The van der Waals surface area contributed by atoms with Gasteiger partial charge in [0.2, 0.25) is 0 Å². The summed E-state index contributed by atoms with van der Waals surface area (Å²) in [6.45, 7) is 8.79. The van der Waals surface area contributed by atoms with Gasteiger partial charge in [0.15, 0.2) is 0 Å². The van der Waals surface area contributed by atoms with Crippen LogP contribution in [0.5, 0.6) is 0 Å². The molecule has 2 aliphatic rings. The molecule has 3 heteroatoms. The Balaban J connectivity index is 1.85. The second-order valence-corrected chi connectivity index (χ2v) is 5.34. The molecule has 3 nitrogen and oxygen atoms in total. The van der Waals surface area contributed by atoms with E-state index in [0.29, 0.717) is 6.04 Å². The predicted molar refractivity (Wildman–Crippen MR) is 68.8 cm³/mol. The van der Waals surface area contributed by atoms with Gasteiger partial charge in [0.05, 0.1) is 0 Å². The Bertz CT molecular complexity index is 203. The first-order valence-electron chi connectivity index (χ1n) is 6.97. The van der Waals surface area contributed by atoms with Crippen LogP contribution in [0.25, 0.3) is 0 Å². The minimum Gasteiger partial charge on any atom is -0.316 e. The van der Waals surface area contributed by atoms with Gasteiger partial charge in [-0.3, -0.25) is 4.90 Å². The average molecular weight is 225 g/mol. The van der Waals surface area contributed by atoms with Gasteiger partial charge >= 0.3 is 0 Å². The first-order chi connectivity index (χ1) is 7.83. The van der Waals surface area contributed by atoms with Crippen molar-refractivity contribution in [1.29, 1.82) is 0 Å². The standard InChI is InChI=1S/C13H27N3/c1-3-12(14-2)10-15-7-5-9-16-8-4-6-13(16)11-15/h12-14H,3-11H2,1-2H3. The summed E-state index contributed by atoms with van der Waals surface area (Å²) in [6, 6.07) is 1.53. The monoisotopic (exact) mass is 225 g/mol. The summed E-state index contributed by atoms with van der Waals surface area (Å²) in [7, 11) is 2.09. The van der Waals surface area contributed by atoms with E-state index in [1.54, 1.807) is 0 Å². The highest BCUT2D eigenvalue weighted by molar-refractivity contribution is 4.86. The molecule has 2 unspecified atom stereocenters. The maximum Gasteiger partial charge on any atom is 0.0223 e. The summed E-state index contributed by atoms with van der Waals surface area (Å²) in [5, 5.41) is 3.42. The third kappa shape index (κ3) is 2.96. The molecule has 0 saturated carbocycles. The Morgan fingerprint density at radius 2 is 2.06 bits per heavy atom. The van der Waals surface area contributed by atoms with Crippen LogP contribution in [0.15, 0.2) is 0 Å². The van der Waals surface area contributed by atoms with Crippen LogP contribution in [0.1, 0.15) is 32.6 Å². The number of likely N-dealkylation sites (N-methyl/N-ethyl adjacent to an activating group) is 1. The molecule has 2 atom stereocenters. The molecule has 2 rings (SSSR count). The van der Waals surface area contributed by atoms with Crippen LogP contribution < -0.4 is 5.32 Å². The van der Waals surface area contributed by atoms with Crippen LogP contribution >= 0.6 is 0 Å². The minimum absolute atomic E-state index is 0.674. The van der Waals surface area contributed by atoms with Gasteiger partial charge in [0, 0.05) is 25.2 Å². The summed E-state index contributed by atoms with van der Waals surface area (Å²) in [4.78, 5) is 5.39. The first kappa shape index (κ1) is 12.3. The van der Waals surface area contributed by atoms with E-state index in [2.05, 4.69) is 29.1 Å². The number of hydrogen-bond acceptors (Lipinski definition) is 3. The van der Waals surface area contributed by atoms with Crippen molar-refractivity contribution in [2.24, 2.45) is 0 Å². The summed E-state index contributed by atoms with van der Waals surface area (Å²) in [5.74, 6) is 0. The van der Waals surface area contributed by atoms with Crippen molar-refractivity contribution in [2.75, 3.05) is 39.8 Å². The predicted octanol–water partition coefficient (Wildman–Crippen LogP) is 1.15. The van der Waals surface area contributed by atoms with E-state index in [4.69, 9.17) is 0 Å². The fraction of sp³-hybridized carbons (Fsp3) is 1.00. The fourth-order valence-corrected chi connectivity index (χ4v) is 3.19. The Labute approximate surface area is 100 Å². The number of fused-ring (bicyclic) bond motifs is 1. The van der Waals surface area contributed by atoms with Crippen molar-refractivity contribution in [3.8, 4) is 0 Å². The smallest absolute Gasteiger partial charge is 0.0223 e. The molecule has 2 fully saturated rings. The minimum atomic E-state index is 0.674. The van der Waals surface area contributed by atoms with Gasteiger partial charge in [-0.15, -0.1) is 0 Å². The maximum atomic E-state index is 3.42. The largest absolute Gasteiger partial charge is 0.316 e. The lowest BCUT2D eigenvalue weighted by Crippen LogP contribution is -2.43. The normalized spacial score (nSPS) is 30.0. The summed E-state index contributed by atoms with van der Waals surface area (Å²) in [6.07, 6.45) is 5.44. The second-order valence-electron chi connectivity index (χ2n) is 5.34. The zero-order valence-electron chi connectivity index (χ0n) is 10.9. The molecule has 0 aliphatic carbocycles. The van der Waals surface area contributed by atoms with Crippen LogP contribution in [-0.4, -0.2) is 61.7 Å². The van der Waals surface area contributed by atoms with Gasteiger partial charge in [-0.05, 0) is 52.4 Å². The molecular formula is C13H27N3. The lowest BCUT2D eigenvalue weighted by atomic mass is 10.1. The molecule has 1 N–H and O–H groups in total. The SMILES string of the molecule is CCC(CN1CCCN2CCCC2C1)NC. The number of nitrogens with one attached hydrogen (secondary N) is 1. The summed E-state index contributed by atoms with van der Waals surface area (Å²) in [5.41, 5.74) is 0. The summed E-state index contributed by atoms with van der Waals surface area (Å²) < 4.78 is 0. The van der Waals surface area contributed by atoms with Crippen molar-refractivity contribution in [2.45, 2.75) is 44.7 Å². The molecule has 2 heterocycles. The average Bonchev–Trinajstić information content (AvgIpc) is 2.65. The highest BCUT2D eigenvalue weighted by Crippen LogP contribution is 2.21. The van der Waals surface area contributed by atoms with Crippen molar-refractivity contribution in [3.63, 3.8) is 0 Å². The van der Waals surface area contributed by atoms with E-state index in [0.717, 1.165) is 6.04 Å². The van der Waals surface area contributed by atoms with Crippen molar-refractivity contribution in [3.05, 3.63) is 0 Å². The lowest BCUT2D eigenvalue weighted by Gasteiger charge is -2.28. The Morgan fingerprint density at radius 1 is 1.25 bits per heavy atom. The molecule has 2 saturated heterocycles. The number of hydrogen-bond donors (Lipinski definition) is 1. The molecule has 0 bridgehead atoms. The van der Waals surface area contributed by atoms with Gasteiger partial charge < -0.3 is 10.2 Å². The van der Waals surface area contributed by atoms with Gasteiger partial charge in [-0.25, -0.2) is 0 Å². The van der Waals surface area contributed by atoms with E-state index in [1.165, 1.54) is 58.4 Å². The quantitative estimate of drug-likeness (QED) is 0.774. The topological polar surface area (TPSA) is 18.5 Å². The zero-order valence-corrected chi connectivity index (χ0v) is 10.9. The molecule has 0 radical (unpaired) electrons. The van der Waals surface area contributed by atoms with E-state index in [-0.39, 0.29) is 0 Å². The number of nitrogens with zero attached hydrogens (tertiary/aromatic N) is 2. The Kier molecular flexibility index (Phi) is 4.62. The van der Waals surface area contributed by atoms with Crippen LogP contribution in [0.3, 0.4) is 0 Å². The molecule has 0 aromatic carbocycles. The van der Waals surface area contributed by atoms with Crippen molar-refractivity contribution >= 4 is 0 Å². The van der Waals surface area contributed by atoms with Crippen LogP contribution in [0.2, 0.25) is 0 Å². The summed E-state index contributed by atoms with van der Waals surface area (Å²) >= 11 is 0. The highest BCUT2D eigenvalue weighted by Gasteiger charge is 2.28. The zero-order chi connectivity index (χ0) is 11.4. The maximum absolute atomic E-state index is 3.42. The second kappa shape index (κ2) is 5.99. The van der Waals surface area contributed by atoms with Gasteiger partial charge in [-0.2, -0.15) is 0 Å². The van der Waals surface area contributed by atoms with Gasteiger partial charge in [0.25, 0.3) is 0 Å². The highest BCUT2D eigenvalue weighted by atomic mass is 15.3. The van der Waals surface area contributed by atoms with E-state index < -0.39 is 0 Å². The Hall–Kier alpha value is -0.120.